The highest BCUT2D eigenvalue weighted by atomic mass is 16.7. The molecule has 2 atom stereocenters. The number of rotatable bonds is 0. The van der Waals surface area contributed by atoms with Crippen molar-refractivity contribution in [3.8, 4) is 0 Å². The van der Waals surface area contributed by atoms with E-state index in [4.69, 9.17) is 4.74 Å². The molecule has 0 amide bonds. The molecule has 0 fully saturated rings. The van der Waals surface area contributed by atoms with Gasteiger partial charge in [0, 0.05) is 24.0 Å². The number of carbonyl (C=O) groups is 2. The largest absolute Gasteiger partial charge is 0.458 e. The van der Waals surface area contributed by atoms with Gasteiger partial charge in [-0.2, -0.15) is 0 Å². The molecule has 102 valence electrons. The summed E-state index contributed by atoms with van der Waals surface area (Å²) in [5.41, 5.74) is -1.95. The fraction of sp³-hybridized carbons (Fsp3) is 0.333. The number of fused-ring (bicyclic) bond motifs is 4. The molecule has 0 saturated heterocycles. The Morgan fingerprint density at radius 2 is 1.85 bits per heavy atom. The molecule has 1 aromatic carbocycles. The Balaban J connectivity index is 2.01. The van der Waals surface area contributed by atoms with Gasteiger partial charge in [0.05, 0.1) is 5.57 Å². The van der Waals surface area contributed by atoms with Crippen molar-refractivity contribution in [1.82, 2.24) is 0 Å². The maximum Gasteiger partial charge on any atom is 0.276 e. The van der Waals surface area contributed by atoms with Crippen molar-refractivity contribution in [2.75, 3.05) is 0 Å². The molecule has 5 heteroatoms. The summed E-state index contributed by atoms with van der Waals surface area (Å²) < 4.78 is 5.49. The van der Waals surface area contributed by atoms with Gasteiger partial charge in [0.25, 0.3) is 5.79 Å². The average molecular weight is 272 g/mol. The van der Waals surface area contributed by atoms with E-state index < -0.39 is 17.2 Å². The smallest absolute Gasteiger partial charge is 0.276 e. The summed E-state index contributed by atoms with van der Waals surface area (Å²) in [6, 6.07) is 6.34. The number of aliphatic hydroxyl groups is 2. The van der Waals surface area contributed by atoms with Gasteiger partial charge in [0.1, 0.15) is 5.76 Å². The number of carbonyl (C=O) groups excluding carboxylic acids is 2. The van der Waals surface area contributed by atoms with E-state index in [1.807, 2.05) is 0 Å². The van der Waals surface area contributed by atoms with Crippen LogP contribution in [-0.2, 0) is 15.3 Å². The topological polar surface area (TPSA) is 83.8 Å². The van der Waals surface area contributed by atoms with E-state index in [0.717, 1.165) is 0 Å². The first-order valence-corrected chi connectivity index (χ1v) is 6.55. The van der Waals surface area contributed by atoms with E-state index in [0.29, 0.717) is 12.8 Å². The van der Waals surface area contributed by atoms with Crippen molar-refractivity contribution in [2.24, 2.45) is 0 Å². The minimum atomic E-state index is -2.30. The monoisotopic (exact) mass is 272 g/mol. The zero-order valence-electron chi connectivity index (χ0n) is 10.5. The van der Waals surface area contributed by atoms with Gasteiger partial charge in [-0.05, 0) is 6.42 Å². The van der Waals surface area contributed by atoms with Crippen LogP contribution in [0.2, 0.25) is 0 Å². The molecular weight excluding hydrogens is 260 g/mol. The Morgan fingerprint density at radius 1 is 1.10 bits per heavy atom. The highest BCUT2D eigenvalue weighted by Crippen LogP contribution is 2.56. The number of allylic oxidation sites excluding steroid dienone is 1. The Kier molecular flexibility index (Phi) is 1.99. The quantitative estimate of drug-likeness (QED) is 0.729. The normalized spacial score (nSPS) is 34.7. The molecule has 4 rings (SSSR count). The van der Waals surface area contributed by atoms with Crippen LogP contribution in [0, 0.1) is 0 Å². The molecule has 2 aliphatic carbocycles. The Hall–Kier alpha value is -1.98. The minimum Gasteiger partial charge on any atom is -0.458 e. The molecule has 1 aromatic rings. The summed E-state index contributed by atoms with van der Waals surface area (Å²) in [6.07, 6.45) is 1.30. The lowest BCUT2D eigenvalue weighted by atomic mass is 9.80. The Bertz CT molecular complexity index is 704. The summed E-state index contributed by atoms with van der Waals surface area (Å²) in [6.45, 7) is 0. The lowest BCUT2D eigenvalue weighted by Crippen LogP contribution is -2.52. The van der Waals surface area contributed by atoms with Gasteiger partial charge in [0.2, 0.25) is 11.4 Å². The van der Waals surface area contributed by atoms with E-state index in [-0.39, 0.29) is 34.7 Å². The number of ether oxygens (including phenoxy) is 1. The summed E-state index contributed by atoms with van der Waals surface area (Å²) in [4.78, 5) is 24.6. The van der Waals surface area contributed by atoms with Crippen LogP contribution in [0.15, 0.2) is 35.6 Å². The van der Waals surface area contributed by atoms with Crippen LogP contribution in [0.3, 0.4) is 0 Å². The fourth-order valence-electron chi connectivity index (χ4n) is 3.43. The molecule has 0 bridgehead atoms. The molecule has 0 saturated carbocycles. The minimum absolute atomic E-state index is 0.0625. The Labute approximate surface area is 114 Å². The fourth-order valence-corrected chi connectivity index (χ4v) is 3.43. The third-order valence-corrected chi connectivity index (χ3v) is 4.35. The molecule has 3 aliphatic rings. The maximum absolute atomic E-state index is 12.5. The van der Waals surface area contributed by atoms with Crippen LogP contribution in [-0.4, -0.2) is 27.4 Å². The highest BCUT2D eigenvalue weighted by molar-refractivity contribution is 6.17. The van der Waals surface area contributed by atoms with Gasteiger partial charge in [0.15, 0.2) is 5.78 Å². The molecule has 5 nitrogen and oxygen atoms in total. The molecule has 20 heavy (non-hydrogen) atoms. The summed E-state index contributed by atoms with van der Waals surface area (Å²) in [5, 5.41) is 21.6. The zero-order chi connectivity index (χ0) is 14.1. The summed E-state index contributed by atoms with van der Waals surface area (Å²) in [7, 11) is 0. The van der Waals surface area contributed by atoms with Crippen LogP contribution in [0.1, 0.15) is 35.2 Å². The highest BCUT2D eigenvalue weighted by Gasteiger charge is 2.72. The second-order valence-corrected chi connectivity index (χ2v) is 5.41. The van der Waals surface area contributed by atoms with Crippen molar-refractivity contribution in [3.63, 3.8) is 0 Å². The van der Waals surface area contributed by atoms with Gasteiger partial charge >= 0.3 is 0 Å². The molecule has 0 radical (unpaired) electrons. The summed E-state index contributed by atoms with van der Waals surface area (Å²) >= 11 is 0. The van der Waals surface area contributed by atoms with Crippen molar-refractivity contribution in [1.29, 1.82) is 0 Å². The van der Waals surface area contributed by atoms with E-state index in [2.05, 4.69) is 0 Å². The molecule has 2 N–H and O–H groups in total. The molecule has 0 spiro atoms. The first kappa shape index (κ1) is 11.8. The number of benzene rings is 1. The summed E-state index contributed by atoms with van der Waals surface area (Å²) in [5.74, 6) is -2.93. The Morgan fingerprint density at radius 3 is 2.65 bits per heavy atom. The van der Waals surface area contributed by atoms with E-state index in [1.54, 1.807) is 12.1 Å². The van der Waals surface area contributed by atoms with E-state index in [9.17, 15) is 19.8 Å². The van der Waals surface area contributed by atoms with Gasteiger partial charge < -0.3 is 14.9 Å². The van der Waals surface area contributed by atoms with Crippen LogP contribution >= 0.6 is 0 Å². The second kappa shape index (κ2) is 3.37. The van der Waals surface area contributed by atoms with Crippen molar-refractivity contribution >= 4 is 11.6 Å². The van der Waals surface area contributed by atoms with Gasteiger partial charge in [-0.15, -0.1) is 0 Å². The predicted molar refractivity (Wildman–Crippen MR) is 66.6 cm³/mol. The third-order valence-electron chi connectivity index (χ3n) is 4.35. The number of hydrogen-bond acceptors (Lipinski definition) is 5. The van der Waals surface area contributed by atoms with Gasteiger partial charge in [-0.3, -0.25) is 9.59 Å². The third kappa shape index (κ3) is 1.04. The van der Waals surface area contributed by atoms with Gasteiger partial charge in [-0.25, -0.2) is 0 Å². The lowest BCUT2D eigenvalue weighted by molar-refractivity contribution is -0.236. The van der Waals surface area contributed by atoms with E-state index in [1.165, 1.54) is 12.1 Å². The SMILES string of the molecule is O=C1CCCC2=C1[C@@]1(O)C(=O)c3ccccc3[C@]1(O)O2. The van der Waals surface area contributed by atoms with Crippen LogP contribution < -0.4 is 0 Å². The van der Waals surface area contributed by atoms with Crippen LogP contribution in [0.4, 0.5) is 0 Å². The molecule has 0 aromatic heterocycles. The predicted octanol–water partition coefficient (Wildman–Crippen LogP) is 0.796. The molecular formula is C15H12O5. The van der Waals surface area contributed by atoms with Crippen molar-refractivity contribution < 1.29 is 24.5 Å². The first-order valence-electron chi connectivity index (χ1n) is 6.55. The standard InChI is InChI=1S/C15H12O5/c16-10-6-3-7-11-12(10)14(18)13(17)8-4-1-2-5-9(8)15(14,19)20-11/h1-2,4-5,18-19H,3,6-7H2/t14-,15+/m1/s1. The number of ketones is 2. The first-order chi connectivity index (χ1) is 9.50. The second-order valence-electron chi connectivity index (χ2n) is 5.41. The van der Waals surface area contributed by atoms with Crippen LogP contribution in [0.5, 0.6) is 0 Å². The molecule has 0 unspecified atom stereocenters. The van der Waals surface area contributed by atoms with Crippen molar-refractivity contribution in [2.45, 2.75) is 30.7 Å². The van der Waals surface area contributed by atoms with Crippen molar-refractivity contribution in [3.05, 3.63) is 46.7 Å². The average Bonchev–Trinajstić information content (AvgIpc) is 2.77. The number of hydrogen-bond donors (Lipinski definition) is 2. The lowest BCUT2D eigenvalue weighted by Gasteiger charge is -2.30. The maximum atomic E-state index is 12.5. The zero-order valence-corrected chi connectivity index (χ0v) is 10.5. The van der Waals surface area contributed by atoms with E-state index >= 15 is 0 Å². The van der Waals surface area contributed by atoms with Crippen LogP contribution in [0.25, 0.3) is 0 Å². The molecule has 1 heterocycles. The van der Waals surface area contributed by atoms with Gasteiger partial charge in [-0.1, -0.05) is 24.3 Å². The number of Topliss-reactive ketones (excluding diaryl/α,β-unsaturated/α-hetero) is 2. The molecule has 1 aliphatic heterocycles.